The average Bonchev–Trinajstić information content (AvgIpc) is 3.23. The van der Waals surface area contributed by atoms with Gasteiger partial charge in [0.25, 0.3) is 5.91 Å². The summed E-state index contributed by atoms with van der Waals surface area (Å²) in [5, 5.41) is 4.92. The molecule has 2 aromatic rings. The molecular weight excluding hydrogens is 397 g/mol. The Bertz CT molecular complexity index is 1050. The highest BCUT2D eigenvalue weighted by Gasteiger charge is 2.54. The first-order valence-electron chi connectivity index (χ1n) is 9.29. The first-order chi connectivity index (χ1) is 13.8. The summed E-state index contributed by atoms with van der Waals surface area (Å²) in [6.45, 7) is 0.0513. The van der Waals surface area contributed by atoms with Crippen molar-refractivity contribution >= 4 is 22.0 Å². The van der Waals surface area contributed by atoms with Gasteiger partial charge in [-0.1, -0.05) is 30.7 Å². The molecule has 152 valence electrons. The lowest BCUT2D eigenvalue weighted by atomic mass is 9.87. The number of carbonyl (C=O) groups is 2. The smallest absolute Gasteiger partial charge is 0.322 e. The van der Waals surface area contributed by atoms with Gasteiger partial charge in [0.1, 0.15) is 11.4 Å². The number of urea groups is 1. The molecule has 1 spiro atoms. The Morgan fingerprint density at radius 3 is 2.24 bits per heavy atom. The van der Waals surface area contributed by atoms with E-state index in [1.54, 1.807) is 24.3 Å². The molecule has 1 saturated carbocycles. The van der Waals surface area contributed by atoms with Crippen LogP contribution in [0.25, 0.3) is 11.1 Å². The van der Waals surface area contributed by atoms with Crippen molar-refractivity contribution in [3.05, 3.63) is 54.3 Å². The van der Waals surface area contributed by atoms with Crippen molar-refractivity contribution in [2.45, 2.75) is 29.7 Å². The summed E-state index contributed by atoms with van der Waals surface area (Å²) in [5.41, 5.74) is 0.509. The third kappa shape index (κ3) is 3.63. The van der Waals surface area contributed by atoms with E-state index in [9.17, 15) is 22.4 Å². The maximum Gasteiger partial charge on any atom is 0.322 e. The molecule has 0 radical (unpaired) electrons. The van der Waals surface area contributed by atoms with Crippen LogP contribution in [0, 0.1) is 11.7 Å². The fourth-order valence-corrected chi connectivity index (χ4v) is 5.17. The largest absolute Gasteiger partial charge is 0.323 e. The van der Waals surface area contributed by atoms with Gasteiger partial charge in [-0.05, 0) is 48.2 Å². The molecule has 1 saturated heterocycles. The number of amides is 3. The van der Waals surface area contributed by atoms with Crippen LogP contribution < -0.4 is 15.4 Å². The number of benzene rings is 2. The predicted molar refractivity (Wildman–Crippen MR) is 104 cm³/mol. The van der Waals surface area contributed by atoms with Crippen molar-refractivity contribution in [3.8, 4) is 11.1 Å². The number of hydrogen-bond donors (Lipinski definition) is 3. The number of hydrogen-bond acceptors (Lipinski definition) is 4. The van der Waals surface area contributed by atoms with E-state index in [2.05, 4.69) is 15.4 Å². The number of sulfonamides is 1. The molecule has 2 aliphatic rings. The molecule has 1 aliphatic heterocycles. The molecule has 2 atom stereocenters. The highest BCUT2D eigenvalue weighted by molar-refractivity contribution is 7.89. The van der Waals surface area contributed by atoms with E-state index in [1.807, 2.05) is 0 Å². The van der Waals surface area contributed by atoms with Gasteiger partial charge < -0.3 is 5.32 Å². The van der Waals surface area contributed by atoms with Gasteiger partial charge in [0, 0.05) is 12.5 Å². The molecule has 2 unspecified atom stereocenters. The van der Waals surface area contributed by atoms with Crippen LogP contribution in [0.15, 0.2) is 53.4 Å². The minimum atomic E-state index is -3.79. The van der Waals surface area contributed by atoms with Gasteiger partial charge in [-0.25, -0.2) is 22.3 Å². The van der Waals surface area contributed by atoms with E-state index in [-0.39, 0.29) is 23.2 Å². The van der Waals surface area contributed by atoms with E-state index < -0.39 is 27.5 Å². The fourth-order valence-electron chi connectivity index (χ4n) is 4.09. The number of carbonyl (C=O) groups excluding carboxylic acids is 2. The van der Waals surface area contributed by atoms with Crippen LogP contribution in [0.3, 0.4) is 0 Å². The van der Waals surface area contributed by atoms with E-state index in [0.29, 0.717) is 12.8 Å². The molecule has 1 aliphatic carbocycles. The van der Waals surface area contributed by atoms with Crippen LogP contribution in [0.4, 0.5) is 9.18 Å². The summed E-state index contributed by atoms with van der Waals surface area (Å²) < 4.78 is 41.0. The van der Waals surface area contributed by atoms with Crippen LogP contribution in [0.1, 0.15) is 19.3 Å². The number of halogens is 1. The second kappa shape index (κ2) is 7.23. The van der Waals surface area contributed by atoms with Gasteiger partial charge in [0.05, 0.1) is 4.90 Å². The number of rotatable bonds is 5. The van der Waals surface area contributed by atoms with Crippen LogP contribution in [-0.4, -0.2) is 32.4 Å². The van der Waals surface area contributed by atoms with E-state index in [1.165, 1.54) is 24.3 Å². The Balaban J connectivity index is 1.47. The second-order valence-electron chi connectivity index (χ2n) is 7.35. The fraction of sp³-hybridized carbons (Fsp3) is 0.300. The second-order valence-corrected chi connectivity index (χ2v) is 9.12. The molecule has 7 nitrogen and oxygen atoms in total. The van der Waals surface area contributed by atoms with Gasteiger partial charge in [0.2, 0.25) is 10.0 Å². The monoisotopic (exact) mass is 417 g/mol. The maximum atomic E-state index is 13.1. The van der Waals surface area contributed by atoms with Gasteiger partial charge in [-0.3, -0.25) is 10.1 Å². The van der Waals surface area contributed by atoms with Crippen molar-refractivity contribution in [2.75, 3.05) is 6.54 Å². The van der Waals surface area contributed by atoms with Gasteiger partial charge in [0.15, 0.2) is 0 Å². The highest BCUT2D eigenvalue weighted by atomic mass is 32.2. The van der Waals surface area contributed by atoms with Crippen LogP contribution in [0.2, 0.25) is 0 Å². The van der Waals surface area contributed by atoms with Gasteiger partial charge in [-0.2, -0.15) is 0 Å². The van der Waals surface area contributed by atoms with Crippen molar-refractivity contribution in [1.82, 2.24) is 15.4 Å². The first-order valence-corrected chi connectivity index (χ1v) is 10.8. The Kier molecular flexibility index (Phi) is 4.87. The number of imide groups is 1. The molecular formula is C20H20FN3O4S. The Hall–Kier alpha value is -2.78. The first kappa shape index (κ1) is 19.5. The molecule has 3 amide bonds. The molecule has 3 N–H and O–H groups in total. The summed E-state index contributed by atoms with van der Waals surface area (Å²) in [4.78, 5) is 23.9. The molecule has 9 heteroatoms. The Labute approximate surface area is 167 Å². The minimum Gasteiger partial charge on any atom is -0.323 e. The zero-order valence-electron chi connectivity index (χ0n) is 15.4. The van der Waals surface area contributed by atoms with Crippen molar-refractivity contribution in [3.63, 3.8) is 0 Å². The average molecular weight is 417 g/mol. The van der Waals surface area contributed by atoms with Crippen molar-refractivity contribution < 1.29 is 22.4 Å². The summed E-state index contributed by atoms with van der Waals surface area (Å²) in [6, 6.07) is 11.7. The van der Waals surface area contributed by atoms with Crippen LogP contribution in [-0.2, 0) is 14.8 Å². The summed E-state index contributed by atoms with van der Waals surface area (Å²) in [7, 11) is -3.79. The molecule has 2 fully saturated rings. The lowest BCUT2D eigenvalue weighted by molar-refractivity contribution is -0.125. The van der Waals surface area contributed by atoms with Crippen molar-refractivity contribution in [2.24, 2.45) is 5.92 Å². The summed E-state index contributed by atoms with van der Waals surface area (Å²) in [6.07, 6.45) is 1.86. The molecule has 4 rings (SSSR count). The normalized spacial score (nSPS) is 24.0. The maximum absolute atomic E-state index is 13.1. The van der Waals surface area contributed by atoms with E-state index in [0.717, 1.165) is 17.5 Å². The van der Waals surface area contributed by atoms with Gasteiger partial charge in [-0.15, -0.1) is 0 Å². The van der Waals surface area contributed by atoms with Gasteiger partial charge >= 0.3 is 6.03 Å². The Morgan fingerprint density at radius 2 is 1.66 bits per heavy atom. The molecule has 29 heavy (non-hydrogen) atoms. The third-order valence-corrected chi connectivity index (χ3v) is 7.09. The lowest BCUT2D eigenvalue weighted by Crippen LogP contribution is -2.53. The predicted octanol–water partition coefficient (Wildman–Crippen LogP) is 2.15. The zero-order valence-corrected chi connectivity index (χ0v) is 16.3. The summed E-state index contributed by atoms with van der Waals surface area (Å²) >= 11 is 0. The molecule has 2 aromatic carbocycles. The lowest BCUT2D eigenvalue weighted by Gasteiger charge is -2.28. The topological polar surface area (TPSA) is 104 Å². The quantitative estimate of drug-likeness (QED) is 0.649. The zero-order chi connectivity index (χ0) is 20.6. The van der Waals surface area contributed by atoms with Crippen LogP contribution in [0.5, 0.6) is 0 Å². The van der Waals surface area contributed by atoms with Crippen molar-refractivity contribution in [1.29, 1.82) is 0 Å². The SMILES string of the molecule is O=C1NC(=O)C2(CCCC2CNS(=O)(=O)c2ccc(-c3ccc(F)cc3)cc2)N1. The third-order valence-electron chi connectivity index (χ3n) is 5.65. The highest BCUT2D eigenvalue weighted by Crippen LogP contribution is 2.37. The molecule has 0 aromatic heterocycles. The minimum absolute atomic E-state index is 0.0513. The summed E-state index contributed by atoms with van der Waals surface area (Å²) in [5.74, 6) is -1.05. The van der Waals surface area contributed by atoms with Crippen LogP contribution >= 0.6 is 0 Å². The van der Waals surface area contributed by atoms with E-state index >= 15 is 0 Å². The molecule has 1 heterocycles. The standard InChI is InChI=1S/C20H20FN3O4S/c21-16-7-3-13(4-8-16)14-5-9-17(10-6-14)29(27,28)22-12-15-2-1-11-20(15)18(25)23-19(26)24-20/h3-10,15,22H,1-2,11-12H2,(H2,23,24,25,26). The Morgan fingerprint density at radius 1 is 1.03 bits per heavy atom. The number of nitrogens with one attached hydrogen (secondary N) is 3. The molecule has 0 bridgehead atoms. The van der Waals surface area contributed by atoms with E-state index in [4.69, 9.17) is 0 Å².